The van der Waals surface area contributed by atoms with Crippen molar-refractivity contribution in [1.29, 1.82) is 0 Å². The van der Waals surface area contributed by atoms with Gasteiger partial charge in [-0.2, -0.15) is 0 Å². The summed E-state index contributed by atoms with van der Waals surface area (Å²) < 4.78 is 0. The molecule has 5 nitrogen and oxygen atoms in total. The number of thiazole rings is 1. The molecular formula is C14H17N3O2S. The highest BCUT2D eigenvalue weighted by molar-refractivity contribution is 7.07. The fourth-order valence-corrected chi connectivity index (χ4v) is 2.34. The number of aromatic carboxylic acids is 1. The summed E-state index contributed by atoms with van der Waals surface area (Å²) >= 11 is 1.54. The molecule has 0 bridgehead atoms. The monoisotopic (exact) mass is 291 g/mol. The van der Waals surface area contributed by atoms with Crippen LogP contribution in [0.25, 0.3) is 0 Å². The van der Waals surface area contributed by atoms with Gasteiger partial charge in [-0.3, -0.25) is 0 Å². The van der Waals surface area contributed by atoms with E-state index >= 15 is 0 Å². The van der Waals surface area contributed by atoms with Gasteiger partial charge in [-0.1, -0.05) is 13.8 Å². The first-order chi connectivity index (χ1) is 9.47. The second-order valence-electron chi connectivity index (χ2n) is 4.93. The van der Waals surface area contributed by atoms with E-state index in [4.69, 9.17) is 0 Å². The van der Waals surface area contributed by atoms with E-state index in [1.54, 1.807) is 29.0 Å². The van der Waals surface area contributed by atoms with Crippen LogP contribution in [0.5, 0.6) is 0 Å². The lowest BCUT2D eigenvalue weighted by Crippen LogP contribution is -2.19. The molecule has 6 heteroatoms. The molecule has 2 heterocycles. The molecule has 2 aromatic heterocycles. The highest BCUT2D eigenvalue weighted by Gasteiger charge is 2.13. The number of hydrogen-bond acceptors (Lipinski definition) is 5. The van der Waals surface area contributed by atoms with Gasteiger partial charge in [0.25, 0.3) is 0 Å². The summed E-state index contributed by atoms with van der Waals surface area (Å²) in [5, 5.41) is 11.2. The molecule has 0 aliphatic heterocycles. The van der Waals surface area contributed by atoms with E-state index in [-0.39, 0.29) is 11.5 Å². The highest BCUT2D eigenvalue weighted by Crippen LogP contribution is 2.21. The smallest absolute Gasteiger partial charge is 0.335 e. The summed E-state index contributed by atoms with van der Waals surface area (Å²) in [5.41, 5.74) is 3.78. The molecule has 0 aliphatic carbocycles. The lowest BCUT2D eigenvalue weighted by molar-refractivity contribution is 0.0696. The van der Waals surface area contributed by atoms with Gasteiger partial charge >= 0.3 is 5.97 Å². The third-order valence-electron chi connectivity index (χ3n) is 2.94. The van der Waals surface area contributed by atoms with E-state index in [2.05, 4.69) is 9.97 Å². The standard InChI is InChI=1S/C14H17N3O2S/c1-9(2)12-4-10(14(18)19)5-13(16-12)17(3)6-11-7-20-8-15-11/h4-5,7-9H,6H2,1-3H3,(H,18,19). The number of rotatable bonds is 5. The van der Waals surface area contributed by atoms with Crippen LogP contribution in [-0.4, -0.2) is 28.1 Å². The first-order valence-electron chi connectivity index (χ1n) is 6.31. The van der Waals surface area contributed by atoms with Gasteiger partial charge in [0.2, 0.25) is 0 Å². The Bertz CT molecular complexity index is 596. The number of hydrogen-bond donors (Lipinski definition) is 1. The van der Waals surface area contributed by atoms with Gasteiger partial charge in [-0.05, 0) is 18.1 Å². The molecule has 0 saturated heterocycles. The fraction of sp³-hybridized carbons (Fsp3) is 0.357. The Hall–Kier alpha value is -1.95. The van der Waals surface area contributed by atoms with Gasteiger partial charge in [0, 0.05) is 18.1 Å². The number of aromatic nitrogens is 2. The van der Waals surface area contributed by atoms with E-state index in [1.807, 2.05) is 31.2 Å². The molecular weight excluding hydrogens is 274 g/mol. The predicted octanol–water partition coefficient (Wildman–Crippen LogP) is 3.00. The minimum absolute atomic E-state index is 0.181. The SMILES string of the molecule is CC(C)c1cc(C(=O)O)cc(N(C)Cc2cscn2)n1. The number of anilines is 1. The quantitative estimate of drug-likeness (QED) is 0.917. The van der Waals surface area contributed by atoms with Crippen molar-refractivity contribution in [3.8, 4) is 0 Å². The second kappa shape index (κ2) is 6.00. The summed E-state index contributed by atoms with van der Waals surface area (Å²) in [7, 11) is 1.89. The zero-order valence-corrected chi connectivity index (χ0v) is 12.5. The van der Waals surface area contributed by atoms with Crippen LogP contribution in [0, 0.1) is 0 Å². The van der Waals surface area contributed by atoms with Crippen LogP contribution in [0.3, 0.4) is 0 Å². The van der Waals surface area contributed by atoms with Crippen molar-refractivity contribution >= 4 is 23.1 Å². The van der Waals surface area contributed by atoms with Crippen LogP contribution in [0.15, 0.2) is 23.0 Å². The first-order valence-corrected chi connectivity index (χ1v) is 7.25. The van der Waals surface area contributed by atoms with Gasteiger partial charge < -0.3 is 10.0 Å². The summed E-state index contributed by atoms with van der Waals surface area (Å²) in [5.74, 6) is -0.0973. The lowest BCUT2D eigenvalue weighted by atomic mass is 10.1. The van der Waals surface area contributed by atoms with Gasteiger partial charge in [-0.15, -0.1) is 11.3 Å². The Morgan fingerprint density at radius 2 is 2.20 bits per heavy atom. The third kappa shape index (κ3) is 3.33. The maximum absolute atomic E-state index is 11.2. The normalized spacial score (nSPS) is 10.8. The zero-order chi connectivity index (χ0) is 14.7. The molecule has 106 valence electrons. The van der Waals surface area contributed by atoms with E-state index in [0.29, 0.717) is 12.4 Å². The van der Waals surface area contributed by atoms with Crippen molar-refractivity contribution < 1.29 is 9.90 Å². The molecule has 0 spiro atoms. The first kappa shape index (κ1) is 14.5. The molecule has 0 aromatic carbocycles. The summed E-state index contributed by atoms with van der Waals surface area (Å²) in [6, 6.07) is 3.23. The Kier molecular flexibility index (Phi) is 4.34. The summed E-state index contributed by atoms with van der Waals surface area (Å²) in [4.78, 5) is 21.9. The Labute approximate surface area is 121 Å². The zero-order valence-electron chi connectivity index (χ0n) is 11.7. The average molecular weight is 291 g/mol. The molecule has 2 aromatic rings. The minimum atomic E-state index is -0.933. The lowest BCUT2D eigenvalue weighted by Gasteiger charge is -2.19. The van der Waals surface area contributed by atoms with Crippen molar-refractivity contribution in [3.63, 3.8) is 0 Å². The largest absolute Gasteiger partial charge is 0.478 e. The van der Waals surface area contributed by atoms with Gasteiger partial charge in [0.05, 0.1) is 23.3 Å². The van der Waals surface area contributed by atoms with Crippen LogP contribution in [-0.2, 0) is 6.54 Å². The number of nitrogens with zero attached hydrogens (tertiary/aromatic N) is 3. The molecule has 20 heavy (non-hydrogen) atoms. The maximum Gasteiger partial charge on any atom is 0.335 e. The topological polar surface area (TPSA) is 66.3 Å². The number of carboxylic acids is 1. The van der Waals surface area contributed by atoms with Crippen LogP contribution in [0.1, 0.15) is 41.5 Å². The Balaban J connectivity index is 2.32. The van der Waals surface area contributed by atoms with Crippen LogP contribution in [0.4, 0.5) is 5.82 Å². The van der Waals surface area contributed by atoms with E-state index in [9.17, 15) is 9.90 Å². The van der Waals surface area contributed by atoms with Crippen molar-refractivity contribution in [2.45, 2.75) is 26.3 Å². The van der Waals surface area contributed by atoms with Gasteiger partial charge in [0.15, 0.2) is 0 Å². The maximum atomic E-state index is 11.2. The Morgan fingerprint density at radius 1 is 1.45 bits per heavy atom. The molecule has 1 N–H and O–H groups in total. The molecule has 0 atom stereocenters. The van der Waals surface area contributed by atoms with Crippen molar-refractivity contribution in [1.82, 2.24) is 9.97 Å². The highest BCUT2D eigenvalue weighted by atomic mass is 32.1. The van der Waals surface area contributed by atoms with Gasteiger partial charge in [-0.25, -0.2) is 14.8 Å². The summed E-state index contributed by atoms with van der Waals surface area (Å²) in [6.07, 6.45) is 0. The fourth-order valence-electron chi connectivity index (χ4n) is 1.79. The number of carbonyl (C=O) groups is 1. The molecule has 0 amide bonds. The molecule has 0 unspecified atom stereocenters. The Morgan fingerprint density at radius 3 is 2.75 bits per heavy atom. The molecule has 0 aliphatic rings. The van der Waals surface area contributed by atoms with Crippen LogP contribution in [0.2, 0.25) is 0 Å². The minimum Gasteiger partial charge on any atom is -0.478 e. The van der Waals surface area contributed by atoms with E-state index in [0.717, 1.165) is 11.4 Å². The molecule has 0 fully saturated rings. The molecule has 2 rings (SSSR count). The molecule has 0 radical (unpaired) electrons. The van der Waals surface area contributed by atoms with Crippen LogP contribution >= 0.6 is 11.3 Å². The second-order valence-corrected chi connectivity index (χ2v) is 5.65. The number of pyridine rings is 1. The van der Waals surface area contributed by atoms with Crippen LogP contribution < -0.4 is 4.90 Å². The van der Waals surface area contributed by atoms with Gasteiger partial charge in [0.1, 0.15) is 5.82 Å². The van der Waals surface area contributed by atoms with E-state index in [1.165, 1.54) is 0 Å². The van der Waals surface area contributed by atoms with Crippen molar-refractivity contribution in [2.75, 3.05) is 11.9 Å². The summed E-state index contributed by atoms with van der Waals surface area (Å²) in [6.45, 7) is 4.60. The number of carboxylic acid groups (broad SMARTS) is 1. The molecule has 0 saturated carbocycles. The predicted molar refractivity (Wildman–Crippen MR) is 79.5 cm³/mol. The average Bonchev–Trinajstić information content (AvgIpc) is 2.90. The van der Waals surface area contributed by atoms with E-state index < -0.39 is 5.97 Å². The van der Waals surface area contributed by atoms with Crippen molar-refractivity contribution in [2.24, 2.45) is 0 Å². The van der Waals surface area contributed by atoms with Crippen molar-refractivity contribution in [3.05, 3.63) is 40.0 Å². The third-order valence-corrected chi connectivity index (χ3v) is 3.58.